The predicted octanol–water partition coefficient (Wildman–Crippen LogP) is 1.84. The number of aliphatic hydroxyl groups excluding tert-OH is 1. The van der Waals surface area contributed by atoms with Gasteiger partial charge in [-0.25, -0.2) is 0 Å². The number of halogens is 1. The summed E-state index contributed by atoms with van der Waals surface area (Å²) in [6, 6.07) is 0. The highest BCUT2D eigenvalue weighted by atomic mass is 79.9. The van der Waals surface area contributed by atoms with Crippen LogP contribution in [-0.4, -0.2) is 10.1 Å². The summed E-state index contributed by atoms with van der Waals surface area (Å²) in [5.74, 6) is 0. The fourth-order valence-corrected chi connectivity index (χ4v) is 2.95. The van der Waals surface area contributed by atoms with Crippen molar-refractivity contribution < 1.29 is 5.11 Å². The van der Waals surface area contributed by atoms with Gasteiger partial charge in [-0.2, -0.15) is 0 Å². The third-order valence-electron chi connectivity index (χ3n) is 1.82. The molecule has 0 aliphatic carbocycles. The Kier molecular flexibility index (Phi) is 2.23. The van der Waals surface area contributed by atoms with Crippen molar-refractivity contribution in [2.24, 2.45) is 0 Å². The molecule has 0 amide bonds. The maximum Gasteiger partial charge on any atom is 0.265 e. The Morgan fingerprint density at radius 2 is 2.38 bits per heavy atom. The lowest BCUT2D eigenvalue weighted by atomic mass is 10.2. The standard InChI is InChI=1S/C8H6BrNO2S/c9-5-3-13-7-6(5)4(2-11)1-10-8(7)12/h1,3,11H,2H2,(H,10,12). The van der Waals surface area contributed by atoms with Gasteiger partial charge in [0.15, 0.2) is 0 Å². The van der Waals surface area contributed by atoms with E-state index in [1.807, 2.05) is 5.38 Å². The van der Waals surface area contributed by atoms with E-state index < -0.39 is 0 Å². The van der Waals surface area contributed by atoms with Gasteiger partial charge in [0, 0.05) is 27.0 Å². The zero-order valence-corrected chi connectivity index (χ0v) is 8.91. The molecule has 0 radical (unpaired) electrons. The molecule has 0 aliphatic heterocycles. The molecule has 2 N–H and O–H groups in total. The van der Waals surface area contributed by atoms with E-state index in [-0.39, 0.29) is 12.2 Å². The number of fused-ring (bicyclic) bond motifs is 1. The number of H-pyrrole nitrogens is 1. The van der Waals surface area contributed by atoms with E-state index >= 15 is 0 Å². The second kappa shape index (κ2) is 3.25. The van der Waals surface area contributed by atoms with Gasteiger partial charge in [0.25, 0.3) is 5.56 Å². The Balaban J connectivity index is 2.96. The van der Waals surface area contributed by atoms with Crippen molar-refractivity contribution in [1.29, 1.82) is 0 Å². The first kappa shape index (κ1) is 8.93. The van der Waals surface area contributed by atoms with Crippen LogP contribution in [0.1, 0.15) is 5.56 Å². The topological polar surface area (TPSA) is 53.1 Å². The molecule has 2 rings (SSSR count). The lowest BCUT2D eigenvalue weighted by molar-refractivity contribution is 0.283. The van der Waals surface area contributed by atoms with Crippen LogP contribution in [0.15, 0.2) is 20.8 Å². The molecule has 0 aliphatic rings. The van der Waals surface area contributed by atoms with E-state index in [9.17, 15) is 4.79 Å². The van der Waals surface area contributed by atoms with Crippen LogP contribution in [0.5, 0.6) is 0 Å². The quantitative estimate of drug-likeness (QED) is 0.822. The van der Waals surface area contributed by atoms with Crippen molar-refractivity contribution >= 4 is 37.4 Å². The van der Waals surface area contributed by atoms with Gasteiger partial charge in [0.2, 0.25) is 0 Å². The second-order valence-electron chi connectivity index (χ2n) is 2.59. The van der Waals surface area contributed by atoms with Gasteiger partial charge in [-0.1, -0.05) is 0 Å². The highest BCUT2D eigenvalue weighted by Gasteiger charge is 2.09. The van der Waals surface area contributed by atoms with Crippen LogP contribution in [0.4, 0.5) is 0 Å². The minimum atomic E-state index is -0.108. The summed E-state index contributed by atoms with van der Waals surface area (Å²) >= 11 is 4.71. The summed E-state index contributed by atoms with van der Waals surface area (Å²) in [6.07, 6.45) is 1.54. The van der Waals surface area contributed by atoms with Crippen molar-refractivity contribution in [2.75, 3.05) is 0 Å². The predicted molar refractivity (Wildman–Crippen MR) is 56.1 cm³/mol. The summed E-state index contributed by atoms with van der Waals surface area (Å²) in [6.45, 7) is -0.0669. The summed E-state index contributed by atoms with van der Waals surface area (Å²) in [7, 11) is 0. The van der Waals surface area contributed by atoms with E-state index in [0.29, 0.717) is 4.70 Å². The third-order valence-corrected chi connectivity index (χ3v) is 3.73. The van der Waals surface area contributed by atoms with Crippen molar-refractivity contribution in [2.45, 2.75) is 6.61 Å². The molecule has 0 aromatic carbocycles. The van der Waals surface area contributed by atoms with Gasteiger partial charge in [-0.15, -0.1) is 11.3 Å². The second-order valence-corrected chi connectivity index (χ2v) is 4.32. The van der Waals surface area contributed by atoms with Crippen molar-refractivity contribution in [3.8, 4) is 0 Å². The minimum Gasteiger partial charge on any atom is -0.392 e. The molecular formula is C8H6BrNO2S. The van der Waals surface area contributed by atoms with Gasteiger partial charge in [0.1, 0.15) is 4.70 Å². The van der Waals surface area contributed by atoms with Crippen LogP contribution in [-0.2, 0) is 6.61 Å². The first-order valence-corrected chi connectivity index (χ1v) is 5.29. The number of aliphatic hydroxyl groups is 1. The third kappa shape index (κ3) is 1.33. The van der Waals surface area contributed by atoms with Gasteiger partial charge in [-0.3, -0.25) is 4.79 Å². The van der Waals surface area contributed by atoms with E-state index in [1.54, 1.807) is 6.20 Å². The number of rotatable bonds is 1. The summed E-state index contributed by atoms with van der Waals surface area (Å²) in [4.78, 5) is 13.9. The lowest BCUT2D eigenvalue weighted by Gasteiger charge is -1.97. The normalized spacial score (nSPS) is 10.9. The van der Waals surface area contributed by atoms with E-state index in [4.69, 9.17) is 5.11 Å². The molecule has 0 saturated heterocycles. The maximum atomic E-state index is 11.3. The van der Waals surface area contributed by atoms with Crippen molar-refractivity contribution in [3.63, 3.8) is 0 Å². The van der Waals surface area contributed by atoms with Crippen LogP contribution < -0.4 is 5.56 Å². The average Bonchev–Trinajstić information content (AvgIpc) is 2.51. The Morgan fingerprint density at radius 3 is 3.08 bits per heavy atom. The molecule has 2 aromatic heterocycles. The van der Waals surface area contributed by atoms with Gasteiger partial charge < -0.3 is 10.1 Å². The number of aromatic nitrogens is 1. The van der Waals surface area contributed by atoms with E-state index in [0.717, 1.165) is 15.4 Å². The van der Waals surface area contributed by atoms with Gasteiger partial charge >= 0.3 is 0 Å². The van der Waals surface area contributed by atoms with Crippen molar-refractivity contribution in [1.82, 2.24) is 4.98 Å². The SMILES string of the molecule is O=c1[nH]cc(CO)c2c(Br)csc12. The van der Waals surface area contributed by atoms with Crippen LogP contribution in [0.2, 0.25) is 0 Å². The molecule has 0 fully saturated rings. The first-order valence-electron chi connectivity index (χ1n) is 3.62. The number of hydrogen-bond donors (Lipinski definition) is 2. The highest BCUT2D eigenvalue weighted by Crippen LogP contribution is 2.30. The highest BCUT2D eigenvalue weighted by molar-refractivity contribution is 9.10. The number of aromatic amines is 1. The van der Waals surface area contributed by atoms with Gasteiger partial charge in [-0.05, 0) is 15.9 Å². The summed E-state index contributed by atoms with van der Waals surface area (Å²) < 4.78 is 1.51. The average molecular weight is 260 g/mol. The smallest absolute Gasteiger partial charge is 0.265 e. The molecule has 0 unspecified atom stereocenters. The maximum absolute atomic E-state index is 11.3. The number of nitrogens with one attached hydrogen (secondary N) is 1. The monoisotopic (exact) mass is 259 g/mol. The molecule has 2 aromatic rings. The first-order chi connectivity index (χ1) is 6.24. The molecule has 0 atom stereocenters. The molecular weight excluding hydrogens is 254 g/mol. The van der Waals surface area contributed by atoms with E-state index in [2.05, 4.69) is 20.9 Å². The Bertz CT molecular complexity index is 502. The molecule has 0 spiro atoms. The van der Waals surface area contributed by atoms with Crippen LogP contribution in [0.3, 0.4) is 0 Å². The van der Waals surface area contributed by atoms with Crippen LogP contribution in [0.25, 0.3) is 10.1 Å². The molecule has 3 nitrogen and oxygen atoms in total. The van der Waals surface area contributed by atoms with Crippen molar-refractivity contribution in [3.05, 3.63) is 32.0 Å². The zero-order chi connectivity index (χ0) is 9.42. The minimum absolute atomic E-state index is 0.0669. The Labute approximate surface area is 86.2 Å². The number of pyridine rings is 1. The Morgan fingerprint density at radius 1 is 1.62 bits per heavy atom. The molecule has 0 bridgehead atoms. The van der Waals surface area contributed by atoms with Crippen LogP contribution >= 0.6 is 27.3 Å². The molecule has 68 valence electrons. The fraction of sp³-hybridized carbons (Fsp3) is 0.125. The molecule has 2 heterocycles. The Hall–Kier alpha value is -0.650. The lowest BCUT2D eigenvalue weighted by Crippen LogP contribution is -2.04. The number of thiophene rings is 1. The molecule has 5 heteroatoms. The van der Waals surface area contributed by atoms with Gasteiger partial charge in [0.05, 0.1) is 6.61 Å². The largest absolute Gasteiger partial charge is 0.392 e. The number of hydrogen-bond acceptors (Lipinski definition) is 3. The summed E-state index contributed by atoms with van der Waals surface area (Å²) in [5, 5.41) is 11.7. The zero-order valence-electron chi connectivity index (χ0n) is 6.50. The molecule has 0 saturated carbocycles. The van der Waals surface area contributed by atoms with E-state index in [1.165, 1.54) is 11.3 Å². The summed E-state index contributed by atoms with van der Waals surface area (Å²) in [5.41, 5.74) is 0.630. The molecule has 13 heavy (non-hydrogen) atoms. The van der Waals surface area contributed by atoms with Crippen LogP contribution in [0, 0.1) is 0 Å². The fourth-order valence-electron chi connectivity index (χ4n) is 1.22.